The molecule has 4 rings (SSSR count). The van der Waals surface area contributed by atoms with Crippen molar-refractivity contribution in [3.8, 4) is 5.82 Å². The van der Waals surface area contributed by atoms with Crippen LogP contribution in [0.3, 0.4) is 0 Å². The first-order valence-corrected chi connectivity index (χ1v) is 8.67. The van der Waals surface area contributed by atoms with Crippen molar-refractivity contribution in [2.45, 2.75) is 12.8 Å². The van der Waals surface area contributed by atoms with Crippen molar-refractivity contribution in [3.05, 3.63) is 55.1 Å². The molecule has 1 fully saturated rings. The third-order valence-corrected chi connectivity index (χ3v) is 4.50. The van der Waals surface area contributed by atoms with Gasteiger partial charge in [-0.15, -0.1) is 0 Å². The number of hydrogen-bond donors (Lipinski definition) is 1. The number of aromatic nitrogens is 5. The Morgan fingerprint density at radius 3 is 2.89 bits per heavy atom. The quantitative estimate of drug-likeness (QED) is 0.759. The lowest BCUT2D eigenvalue weighted by Gasteiger charge is -2.32. The molecule has 8 nitrogen and oxygen atoms in total. The van der Waals surface area contributed by atoms with Gasteiger partial charge in [0.25, 0.3) is 0 Å². The predicted molar refractivity (Wildman–Crippen MR) is 96.9 cm³/mol. The van der Waals surface area contributed by atoms with Crippen molar-refractivity contribution < 1.29 is 9.18 Å². The fourth-order valence-corrected chi connectivity index (χ4v) is 3.17. The number of piperidine rings is 1. The van der Waals surface area contributed by atoms with Crippen molar-refractivity contribution in [3.63, 3.8) is 0 Å². The molecule has 1 atom stereocenters. The van der Waals surface area contributed by atoms with Crippen molar-refractivity contribution in [1.29, 1.82) is 0 Å². The summed E-state index contributed by atoms with van der Waals surface area (Å²) in [7, 11) is 0. The minimum atomic E-state index is -0.375. The molecule has 0 saturated carbocycles. The molecule has 3 heterocycles. The molecule has 1 aliphatic rings. The van der Waals surface area contributed by atoms with Crippen LogP contribution >= 0.6 is 0 Å². The average molecular weight is 367 g/mol. The van der Waals surface area contributed by atoms with Crippen molar-refractivity contribution in [1.82, 2.24) is 24.7 Å². The molecule has 9 heteroatoms. The maximum Gasteiger partial charge on any atom is 0.229 e. The Bertz CT molecular complexity index is 931. The minimum Gasteiger partial charge on any atom is -0.356 e. The number of hydrogen-bond acceptors (Lipinski definition) is 6. The summed E-state index contributed by atoms with van der Waals surface area (Å²) in [4.78, 5) is 27.1. The summed E-state index contributed by atoms with van der Waals surface area (Å²) < 4.78 is 14.9. The number of nitrogens with one attached hydrogen (secondary N) is 1. The Labute approximate surface area is 155 Å². The molecule has 1 aliphatic heterocycles. The van der Waals surface area contributed by atoms with E-state index in [4.69, 9.17) is 0 Å². The topological polar surface area (TPSA) is 88.8 Å². The second kappa shape index (κ2) is 7.48. The van der Waals surface area contributed by atoms with Crippen LogP contribution in [0.5, 0.6) is 0 Å². The summed E-state index contributed by atoms with van der Waals surface area (Å²) in [5.74, 6) is 0.657. The van der Waals surface area contributed by atoms with Gasteiger partial charge in [-0.25, -0.2) is 24.0 Å². The second-order valence-corrected chi connectivity index (χ2v) is 6.36. The number of carbonyl (C=O) groups excluding carboxylic acids is 1. The van der Waals surface area contributed by atoms with Gasteiger partial charge in [-0.1, -0.05) is 6.07 Å². The molecular weight excluding hydrogens is 349 g/mol. The van der Waals surface area contributed by atoms with Gasteiger partial charge in [-0.3, -0.25) is 4.79 Å². The molecule has 138 valence electrons. The minimum absolute atomic E-state index is 0.115. The fraction of sp³-hybridized carbons (Fsp3) is 0.278. The van der Waals surface area contributed by atoms with Gasteiger partial charge in [0.05, 0.1) is 5.92 Å². The zero-order valence-electron chi connectivity index (χ0n) is 14.5. The van der Waals surface area contributed by atoms with E-state index in [2.05, 4.69) is 30.3 Å². The van der Waals surface area contributed by atoms with Gasteiger partial charge in [0, 0.05) is 24.8 Å². The van der Waals surface area contributed by atoms with Gasteiger partial charge < -0.3 is 10.2 Å². The molecule has 0 aliphatic carbocycles. The maximum atomic E-state index is 13.3. The molecule has 1 amide bonds. The second-order valence-electron chi connectivity index (χ2n) is 6.36. The summed E-state index contributed by atoms with van der Waals surface area (Å²) in [5, 5.41) is 6.87. The summed E-state index contributed by atoms with van der Waals surface area (Å²) >= 11 is 0. The number of benzene rings is 1. The van der Waals surface area contributed by atoms with E-state index in [1.807, 2.05) is 6.07 Å². The zero-order valence-corrected chi connectivity index (χ0v) is 14.5. The number of rotatable bonds is 4. The van der Waals surface area contributed by atoms with E-state index in [9.17, 15) is 9.18 Å². The van der Waals surface area contributed by atoms with Crippen molar-refractivity contribution in [2.24, 2.45) is 5.92 Å². The van der Waals surface area contributed by atoms with E-state index in [1.165, 1.54) is 24.8 Å². The van der Waals surface area contributed by atoms with Gasteiger partial charge >= 0.3 is 0 Å². The Kier molecular flexibility index (Phi) is 4.73. The SMILES string of the molecule is O=C(Nc1cccc(F)c1)C1CCCN(c2cc(-n3cncn3)ncn2)C1. The largest absolute Gasteiger partial charge is 0.356 e. The molecule has 1 saturated heterocycles. The molecule has 2 aromatic heterocycles. The van der Waals surface area contributed by atoms with E-state index in [-0.39, 0.29) is 17.6 Å². The summed E-state index contributed by atoms with van der Waals surface area (Å²) in [6.07, 6.45) is 6.12. The van der Waals surface area contributed by atoms with E-state index < -0.39 is 0 Å². The smallest absolute Gasteiger partial charge is 0.229 e. The molecule has 1 N–H and O–H groups in total. The van der Waals surface area contributed by atoms with E-state index in [0.29, 0.717) is 18.1 Å². The van der Waals surface area contributed by atoms with E-state index in [1.54, 1.807) is 23.1 Å². The lowest BCUT2D eigenvalue weighted by Crippen LogP contribution is -2.41. The summed E-state index contributed by atoms with van der Waals surface area (Å²) in [5.41, 5.74) is 0.465. The molecule has 1 unspecified atom stereocenters. The van der Waals surface area contributed by atoms with Gasteiger partial charge in [0.2, 0.25) is 5.91 Å². The van der Waals surface area contributed by atoms with Crippen LogP contribution in [-0.2, 0) is 4.79 Å². The first-order valence-electron chi connectivity index (χ1n) is 8.67. The third-order valence-electron chi connectivity index (χ3n) is 4.50. The zero-order chi connectivity index (χ0) is 18.6. The number of amides is 1. The van der Waals surface area contributed by atoms with Crippen LogP contribution in [0.15, 0.2) is 49.3 Å². The summed E-state index contributed by atoms with van der Waals surface area (Å²) in [6, 6.07) is 7.73. The molecule has 27 heavy (non-hydrogen) atoms. The van der Waals surface area contributed by atoms with Crippen molar-refractivity contribution >= 4 is 17.4 Å². The Balaban J connectivity index is 1.46. The van der Waals surface area contributed by atoms with Gasteiger partial charge in [-0.05, 0) is 31.0 Å². The van der Waals surface area contributed by atoms with Gasteiger partial charge in [0.15, 0.2) is 5.82 Å². The highest BCUT2D eigenvalue weighted by Gasteiger charge is 2.27. The van der Waals surface area contributed by atoms with Crippen LogP contribution in [0.4, 0.5) is 15.9 Å². The summed E-state index contributed by atoms with van der Waals surface area (Å²) in [6.45, 7) is 1.34. The Morgan fingerprint density at radius 2 is 2.07 bits per heavy atom. The molecule has 1 aromatic carbocycles. The number of nitrogens with zero attached hydrogens (tertiary/aromatic N) is 6. The van der Waals surface area contributed by atoms with Crippen LogP contribution in [-0.4, -0.2) is 43.7 Å². The third kappa shape index (κ3) is 3.91. The predicted octanol–water partition coefficient (Wildman–Crippen LogP) is 2.05. The molecular formula is C18H18FN7O. The average Bonchev–Trinajstić information content (AvgIpc) is 3.23. The van der Waals surface area contributed by atoms with Gasteiger partial charge in [-0.2, -0.15) is 5.10 Å². The number of carbonyl (C=O) groups is 1. The number of halogens is 1. The highest BCUT2D eigenvalue weighted by Crippen LogP contribution is 2.23. The highest BCUT2D eigenvalue weighted by atomic mass is 19.1. The van der Waals surface area contributed by atoms with E-state index in [0.717, 1.165) is 25.2 Å². The first-order chi connectivity index (χ1) is 13.2. The monoisotopic (exact) mass is 367 g/mol. The van der Waals surface area contributed by atoms with Crippen LogP contribution < -0.4 is 10.2 Å². The number of anilines is 2. The van der Waals surface area contributed by atoms with Crippen LogP contribution in [0.1, 0.15) is 12.8 Å². The lowest BCUT2D eigenvalue weighted by atomic mass is 9.97. The molecule has 0 radical (unpaired) electrons. The fourth-order valence-electron chi connectivity index (χ4n) is 3.17. The van der Waals surface area contributed by atoms with Crippen LogP contribution in [0.25, 0.3) is 5.82 Å². The normalized spacial score (nSPS) is 16.9. The molecule has 0 bridgehead atoms. The Hall–Kier alpha value is -3.36. The van der Waals surface area contributed by atoms with Crippen molar-refractivity contribution in [2.75, 3.05) is 23.3 Å². The highest BCUT2D eigenvalue weighted by molar-refractivity contribution is 5.93. The standard InChI is InChI=1S/C18H18FN7O/c19-14-4-1-5-15(7-14)24-18(27)13-3-2-6-25(9-13)16-8-17(22-11-21-16)26-12-20-10-23-26/h1,4-5,7-8,10-13H,2-3,6,9H2,(H,24,27). The molecule has 3 aromatic rings. The van der Waals surface area contributed by atoms with Gasteiger partial charge in [0.1, 0.15) is 30.6 Å². The Morgan fingerprint density at radius 1 is 1.19 bits per heavy atom. The maximum absolute atomic E-state index is 13.3. The lowest BCUT2D eigenvalue weighted by molar-refractivity contribution is -0.120. The first kappa shape index (κ1) is 17.1. The van der Waals surface area contributed by atoms with Crippen LogP contribution in [0.2, 0.25) is 0 Å². The van der Waals surface area contributed by atoms with E-state index >= 15 is 0 Å². The molecule has 0 spiro atoms. The van der Waals surface area contributed by atoms with Crippen LogP contribution in [0, 0.1) is 11.7 Å².